The minimum atomic E-state index is -3.74. The summed E-state index contributed by atoms with van der Waals surface area (Å²) in [4.78, 5) is 13.0. The normalized spacial score (nSPS) is 11.4. The highest BCUT2D eigenvalue weighted by Gasteiger charge is 2.10. The third kappa shape index (κ3) is 4.18. The van der Waals surface area contributed by atoms with Crippen LogP contribution in [0.4, 0.5) is 11.6 Å². The number of hydrogen-bond donors (Lipinski definition) is 2. The van der Waals surface area contributed by atoms with Gasteiger partial charge < -0.3 is 10.1 Å². The molecular weight excluding hydrogens is 426 g/mol. The quantitative estimate of drug-likeness (QED) is 0.483. The van der Waals surface area contributed by atoms with Crippen LogP contribution < -0.4 is 15.2 Å². The van der Waals surface area contributed by atoms with E-state index in [2.05, 4.69) is 20.3 Å². The van der Waals surface area contributed by atoms with Crippen LogP contribution in [0.3, 0.4) is 0 Å². The third-order valence-electron chi connectivity index (χ3n) is 4.37. The first kappa shape index (κ1) is 20.0. The number of halogens is 1. The first-order valence-corrected chi connectivity index (χ1v) is 10.6. The van der Waals surface area contributed by atoms with E-state index in [1.54, 1.807) is 31.5 Å². The molecule has 4 rings (SSSR count). The van der Waals surface area contributed by atoms with Crippen LogP contribution in [0.1, 0.15) is 0 Å². The number of fused-ring (bicyclic) bond motifs is 1. The number of primary sulfonamides is 1. The van der Waals surface area contributed by atoms with Crippen LogP contribution in [0.25, 0.3) is 22.0 Å². The van der Waals surface area contributed by atoms with Crippen molar-refractivity contribution >= 4 is 44.2 Å². The molecule has 3 N–H and O–H groups in total. The fourth-order valence-corrected chi connectivity index (χ4v) is 3.59. The SMILES string of the molecule is COc1cc(-c2ccc3cnc(Nc4ccc(S(N)(=O)=O)cc4)nc3c2)c(Cl)cn1. The number of benzene rings is 2. The Labute approximate surface area is 177 Å². The average Bonchev–Trinajstić information content (AvgIpc) is 2.73. The molecule has 2 aromatic carbocycles. The van der Waals surface area contributed by atoms with Gasteiger partial charge in [-0.3, -0.25) is 0 Å². The molecule has 0 atom stereocenters. The molecular formula is C20H16ClN5O3S. The van der Waals surface area contributed by atoms with Crippen molar-refractivity contribution in [3.8, 4) is 17.0 Å². The Balaban J connectivity index is 1.67. The number of pyridine rings is 1. The number of hydrogen-bond acceptors (Lipinski definition) is 7. The molecule has 2 heterocycles. The van der Waals surface area contributed by atoms with E-state index in [1.807, 2.05) is 18.2 Å². The molecule has 0 aliphatic rings. The smallest absolute Gasteiger partial charge is 0.238 e. The first-order chi connectivity index (χ1) is 14.3. The fraction of sp³-hybridized carbons (Fsp3) is 0.0500. The number of methoxy groups -OCH3 is 1. The Morgan fingerprint density at radius 3 is 2.50 bits per heavy atom. The van der Waals surface area contributed by atoms with Gasteiger partial charge in [0.2, 0.25) is 21.9 Å². The van der Waals surface area contributed by atoms with Gasteiger partial charge in [-0.05, 0) is 35.9 Å². The summed E-state index contributed by atoms with van der Waals surface area (Å²) in [5.74, 6) is 0.823. The molecule has 152 valence electrons. The van der Waals surface area contributed by atoms with Gasteiger partial charge in [0.15, 0.2) is 0 Å². The zero-order valence-electron chi connectivity index (χ0n) is 15.7. The molecule has 8 nitrogen and oxygen atoms in total. The second kappa shape index (κ2) is 7.86. The van der Waals surface area contributed by atoms with E-state index in [0.717, 1.165) is 16.5 Å². The highest BCUT2D eigenvalue weighted by Crippen LogP contribution is 2.31. The van der Waals surface area contributed by atoms with Crippen LogP contribution in [0.5, 0.6) is 5.88 Å². The van der Waals surface area contributed by atoms with E-state index >= 15 is 0 Å². The first-order valence-electron chi connectivity index (χ1n) is 8.70. The van der Waals surface area contributed by atoms with Crippen LogP contribution in [-0.2, 0) is 10.0 Å². The molecule has 0 saturated heterocycles. The van der Waals surface area contributed by atoms with Gasteiger partial charge >= 0.3 is 0 Å². The highest BCUT2D eigenvalue weighted by atomic mass is 35.5. The summed E-state index contributed by atoms with van der Waals surface area (Å²) in [5.41, 5.74) is 2.96. The molecule has 0 spiro atoms. The van der Waals surface area contributed by atoms with E-state index in [0.29, 0.717) is 28.1 Å². The molecule has 0 aliphatic heterocycles. The summed E-state index contributed by atoms with van der Waals surface area (Å²) in [6.07, 6.45) is 3.24. The topological polar surface area (TPSA) is 120 Å². The minimum absolute atomic E-state index is 0.0294. The van der Waals surface area contributed by atoms with Gasteiger partial charge in [0.1, 0.15) is 0 Å². The van der Waals surface area contributed by atoms with E-state index in [4.69, 9.17) is 21.5 Å². The van der Waals surface area contributed by atoms with Gasteiger partial charge in [-0.25, -0.2) is 28.5 Å². The molecule has 0 aliphatic carbocycles. The lowest BCUT2D eigenvalue weighted by atomic mass is 10.1. The van der Waals surface area contributed by atoms with E-state index in [-0.39, 0.29) is 4.90 Å². The zero-order chi connectivity index (χ0) is 21.3. The summed E-state index contributed by atoms with van der Waals surface area (Å²) in [5, 5.41) is 9.52. The minimum Gasteiger partial charge on any atom is -0.481 e. The van der Waals surface area contributed by atoms with Gasteiger partial charge in [-0.1, -0.05) is 23.7 Å². The van der Waals surface area contributed by atoms with Crippen molar-refractivity contribution in [2.45, 2.75) is 4.90 Å². The number of nitrogens with one attached hydrogen (secondary N) is 1. The van der Waals surface area contributed by atoms with Crippen LogP contribution in [0.15, 0.2) is 65.8 Å². The Morgan fingerprint density at radius 1 is 1.03 bits per heavy atom. The summed E-state index contributed by atoms with van der Waals surface area (Å²) in [7, 11) is -2.20. The van der Waals surface area contributed by atoms with Gasteiger partial charge in [-0.2, -0.15) is 0 Å². The number of anilines is 2. The summed E-state index contributed by atoms with van der Waals surface area (Å²) in [6.45, 7) is 0. The van der Waals surface area contributed by atoms with Gasteiger partial charge in [0, 0.05) is 28.9 Å². The Bertz CT molecular complexity index is 1340. The average molecular weight is 442 g/mol. The van der Waals surface area contributed by atoms with Crippen molar-refractivity contribution in [3.63, 3.8) is 0 Å². The number of nitrogens with two attached hydrogens (primary N) is 1. The molecule has 4 aromatic rings. The van der Waals surface area contributed by atoms with Crippen molar-refractivity contribution in [1.82, 2.24) is 15.0 Å². The van der Waals surface area contributed by atoms with Crippen molar-refractivity contribution in [1.29, 1.82) is 0 Å². The maximum atomic E-state index is 11.4. The maximum absolute atomic E-state index is 11.4. The van der Waals surface area contributed by atoms with Gasteiger partial charge in [0.05, 0.1) is 28.7 Å². The largest absolute Gasteiger partial charge is 0.481 e. The Morgan fingerprint density at radius 2 is 1.80 bits per heavy atom. The summed E-state index contributed by atoms with van der Waals surface area (Å²) < 4.78 is 27.9. The van der Waals surface area contributed by atoms with Gasteiger partial charge in [0.25, 0.3) is 0 Å². The highest BCUT2D eigenvalue weighted by molar-refractivity contribution is 7.89. The van der Waals surface area contributed by atoms with E-state index in [1.165, 1.54) is 18.3 Å². The summed E-state index contributed by atoms with van der Waals surface area (Å²) in [6, 6.07) is 13.5. The van der Waals surface area contributed by atoms with Crippen LogP contribution in [-0.4, -0.2) is 30.5 Å². The molecule has 0 fully saturated rings. The molecule has 0 amide bonds. The molecule has 10 heteroatoms. The number of sulfonamides is 1. The Kier molecular flexibility index (Phi) is 5.25. The number of nitrogens with zero attached hydrogens (tertiary/aromatic N) is 3. The fourth-order valence-electron chi connectivity index (χ4n) is 2.86. The predicted octanol–water partition coefficient (Wildman–Crippen LogP) is 3.74. The lowest BCUT2D eigenvalue weighted by Crippen LogP contribution is -2.11. The van der Waals surface area contributed by atoms with Crippen molar-refractivity contribution < 1.29 is 13.2 Å². The van der Waals surface area contributed by atoms with Crippen LogP contribution in [0.2, 0.25) is 5.02 Å². The van der Waals surface area contributed by atoms with E-state index in [9.17, 15) is 8.42 Å². The molecule has 0 radical (unpaired) electrons. The van der Waals surface area contributed by atoms with Crippen molar-refractivity contribution in [2.75, 3.05) is 12.4 Å². The third-order valence-corrected chi connectivity index (χ3v) is 5.60. The number of rotatable bonds is 5. The molecule has 0 unspecified atom stereocenters. The number of aromatic nitrogens is 3. The van der Waals surface area contributed by atoms with Gasteiger partial charge in [-0.15, -0.1) is 0 Å². The standard InChI is InChI=1S/C20H16ClN5O3S/c1-29-19-9-16(17(21)11-23-19)12-2-3-13-10-24-20(26-18(13)8-12)25-14-4-6-15(7-5-14)30(22,27)28/h2-11H,1H3,(H2,22,27,28)(H,24,25,26). The molecule has 0 saturated carbocycles. The van der Waals surface area contributed by atoms with Crippen molar-refractivity contribution in [3.05, 3.63) is 65.9 Å². The zero-order valence-corrected chi connectivity index (χ0v) is 17.3. The lowest BCUT2D eigenvalue weighted by Gasteiger charge is -2.09. The summed E-state index contributed by atoms with van der Waals surface area (Å²) >= 11 is 6.31. The molecule has 0 bridgehead atoms. The monoisotopic (exact) mass is 441 g/mol. The molecule has 30 heavy (non-hydrogen) atoms. The number of ether oxygens (including phenoxy) is 1. The second-order valence-corrected chi connectivity index (χ2v) is 8.34. The van der Waals surface area contributed by atoms with E-state index < -0.39 is 10.0 Å². The predicted molar refractivity (Wildman–Crippen MR) is 115 cm³/mol. The second-order valence-electron chi connectivity index (χ2n) is 6.37. The maximum Gasteiger partial charge on any atom is 0.238 e. The molecule has 2 aromatic heterocycles. The lowest BCUT2D eigenvalue weighted by molar-refractivity contribution is 0.398. The Hall–Kier alpha value is -3.27. The van der Waals surface area contributed by atoms with Crippen LogP contribution in [0, 0.1) is 0 Å². The van der Waals surface area contributed by atoms with Crippen LogP contribution >= 0.6 is 11.6 Å². The van der Waals surface area contributed by atoms with Crippen molar-refractivity contribution in [2.24, 2.45) is 5.14 Å².